The molecule has 8 aromatic carbocycles. The Morgan fingerprint density at radius 3 is 1.87 bits per heavy atom. The van der Waals surface area contributed by atoms with E-state index >= 15 is 0 Å². The van der Waals surface area contributed by atoms with E-state index in [1.807, 2.05) is 30.3 Å². The number of fused-ring (bicyclic) bond motifs is 8. The van der Waals surface area contributed by atoms with E-state index in [1.54, 1.807) is 0 Å². The molecule has 0 amide bonds. The van der Waals surface area contributed by atoms with Crippen molar-refractivity contribution in [1.82, 2.24) is 0 Å². The van der Waals surface area contributed by atoms with Gasteiger partial charge in [-0.15, -0.1) is 0 Å². The zero-order valence-corrected chi connectivity index (χ0v) is 38.0. The second kappa shape index (κ2) is 15.1. The number of nitrogens with zero attached hydrogens (tertiary/aromatic N) is 2. The molecular formula is C60H47BN2O4. The maximum absolute atomic E-state index is 6.88. The Morgan fingerprint density at radius 2 is 1.15 bits per heavy atom. The predicted octanol–water partition coefficient (Wildman–Crippen LogP) is 14.0. The first-order valence-corrected chi connectivity index (χ1v) is 23.3. The van der Waals surface area contributed by atoms with Gasteiger partial charge in [-0.1, -0.05) is 106 Å². The first kappa shape index (κ1) is 39.5. The second-order valence-electron chi connectivity index (χ2n) is 19.2. The normalized spacial score (nSPS) is 13.9. The Morgan fingerprint density at radius 1 is 0.507 bits per heavy atom. The number of ether oxygens (including phenoxy) is 2. The molecule has 3 aliphatic heterocycles. The molecule has 3 aliphatic rings. The van der Waals surface area contributed by atoms with Crippen molar-refractivity contribution in [2.24, 2.45) is 0 Å². The number of anilines is 6. The molecule has 6 nitrogen and oxygen atoms in total. The van der Waals surface area contributed by atoms with Crippen molar-refractivity contribution in [3.8, 4) is 45.3 Å². The number of para-hydroxylation sites is 2. The van der Waals surface area contributed by atoms with Gasteiger partial charge in [0.05, 0.1) is 24.6 Å². The molecule has 0 saturated heterocycles. The van der Waals surface area contributed by atoms with Gasteiger partial charge < -0.3 is 28.1 Å². The summed E-state index contributed by atoms with van der Waals surface area (Å²) in [6.07, 6.45) is 0.802. The van der Waals surface area contributed by atoms with Crippen molar-refractivity contribution in [2.45, 2.75) is 39.5 Å². The van der Waals surface area contributed by atoms with E-state index in [0.29, 0.717) is 13.2 Å². The van der Waals surface area contributed by atoms with Crippen molar-refractivity contribution in [1.29, 1.82) is 0 Å². The molecule has 0 unspecified atom stereocenters. The first-order chi connectivity index (χ1) is 32.7. The summed E-state index contributed by atoms with van der Waals surface area (Å²) in [4.78, 5) is 4.94. The molecule has 67 heavy (non-hydrogen) atoms. The van der Waals surface area contributed by atoms with Gasteiger partial charge in [-0.3, -0.25) is 0 Å². The number of aryl methyl sites for hydroxylation is 1. The third-order valence-corrected chi connectivity index (χ3v) is 13.8. The Bertz CT molecular complexity index is 3520. The molecule has 5 heterocycles. The SMILES string of the molecule is Cc1cc2c3c(c1)N(c1ccc(C(C)(C)C)cc1-c1ccccc1)c1c(ccc4c1OCCCO4)B3c1cc(-c3cc4ccccc4o3)ccc1N2c1ccc(-c2cc3ccccc3o2)cc1. The molecule has 13 rings (SSSR count). The van der Waals surface area contributed by atoms with Crippen molar-refractivity contribution < 1.29 is 18.3 Å². The Balaban J connectivity index is 1.09. The molecule has 0 aliphatic carbocycles. The van der Waals surface area contributed by atoms with Crippen LogP contribution in [-0.2, 0) is 5.41 Å². The van der Waals surface area contributed by atoms with Crippen LogP contribution >= 0.6 is 0 Å². The van der Waals surface area contributed by atoms with Gasteiger partial charge in [-0.05, 0) is 136 Å². The lowest BCUT2D eigenvalue weighted by molar-refractivity contribution is 0.297. The van der Waals surface area contributed by atoms with E-state index in [-0.39, 0.29) is 12.1 Å². The summed E-state index contributed by atoms with van der Waals surface area (Å²) in [5.74, 6) is 3.23. The van der Waals surface area contributed by atoms with Gasteiger partial charge in [0.2, 0.25) is 0 Å². The van der Waals surface area contributed by atoms with E-state index in [2.05, 4.69) is 183 Å². The van der Waals surface area contributed by atoms with Gasteiger partial charge in [0.1, 0.15) is 22.7 Å². The van der Waals surface area contributed by atoms with E-state index in [1.165, 1.54) is 16.5 Å². The predicted molar refractivity (Wildman–Crippen MR) is 275 cm³/mol. The highest BCUT2D eigenvalue weighted by Gasteiger charge is 2.46. The molecule has 0 saturated carbocycles. The lowest BCUT2D eigenvalue weighted by Gasteiger charge is -2.45. The minimum absolute atomic E-state index is 0.0643. The minimum atomic E-state index is -0.159. The lowest BCUT2D eigenvalue weighted by atomic mass is 9.33. The molecule has 0 fully saturated rings. The molecule has 0 atom stereocenters. The number of furan rings is 2. The van der Waals surface area contributed by atoms with E-state index < -0.39 is 0 Å². The van der Waals surface area contributed by atoms with Crippen molar-refractivity contribution in [2.75, 3.05) is 23.0 Å². The fourth-order valence-corrected chi connectivity index (χ4v) is 10.6. The highest BCUT2D eigenvalue weighted by Crippen LogP contribution is 2.52. The largest absolute Gasteiger partial charge is 0.489 e. The summed E-state index contributed by atoms with van der Waals surface area (Å²) in [5.41, 5.74) is 18.5. The van der Waals surface area contributed by atoms with Crippen LogP contribution < -0.4 is 35.7 Å². The van der Waals surface area contributed by atoms with Crippen LogP contribution in [0, 0.1) is 6.92 Å². The minimum Gasteiger partial charge on any atom is -0.489 e. The van der Waals surface area contributed by atoms with Crippen molar-refractivity contribution in [3.63, 3.8) is 0 Å². The van der Waals surface area contributed by atoms with Crippen LogP contribution in [0.2, 0.25) is 0 Å². The second-order valence-corrected chi connectivity index (χ2v) is 19.2. The number of hydrogen-bond donors (Lipinski definition) is 0. The molecule has 0 radical (unpaired) electrons. The highest BCUT2D eigenvalue weighted by molar-refractivity contribution is 7.00. The van der Waals surface area contributed by atoms with Crippen LogP contribution in [0.15, 0.2) is 185 Å². The zero-order valence-electron chi connectivity index (χ0n) is 38.0. The van der Waals surface area contributed by atoms with E-state index in [0.717, 1.165) is 119 Å². The van der Waals surface area contributed by atoms with Crippen LogP contribution in [0.5, 0.6) is 11.5 Å². The number of benzene rings is 8. The smallest absolute Gasteiger partial charge is 0.252 e. The average molecular weight is 871 g/mol. The van der Waals surface area contributed by atoms with E-state index in [9.17, 15) is 0 Å². The summed E-state index contributed by atoms with van der Waals surface area (Å²) in [7, 11) is 0. The summed E-state index contributed by atoms with van der Waals surface area (Å²) >= 11 is 0. The van der Waals surface area contributed by atoms with E-state index in [4.69, 9.17) is 18.3 Å². The fraction of sp³-hybridized carbons (Fsp3) is 0.133. The molecule has 0 spiro atoms. The summed E-state index contributed by atoms with van der Waals surface area (Å²) in [6.45, 7) is 10.1. The van der Waals surface area contributed by atoms with Gasteiger partial charge in [0.15, 0.2) is 11.5 Å². The van der Waals surface area contributed by atoms with Gasteiger partial charge >= 0.3 is 0 Å². The lowest BCUT2D eigenvalue weighted by Crippen LogP contribution is -2.61. The first-order valence-electron chi connectivity index (χ1n) is 23.3. The Kier molecular flexibility index (Phi) is 8.88. The molecule has 0 bridgehead atoms. The average Bonchev–Trinajstić information content (AvgIpc) is 3.91. The molecule has 0 N–H and O–H groups in total. The van der Waals surface area contributed by atoms with Gasteiger partial charge in [-0.2, -0.15) is 0 Å². The topological polar surface area (TPSA) is 51.2 Å². The maximum Gasteiger partial charge on any atom is 0.252 e. The summed E-state index contributed by atoms with van der Waals surface area (Å²) in [5, 5.41) is 2.17. The van der Waals surface area contributed by atoms with Crippen LogP contribution in [0.1, 0.15) is 38.3 Å². The summed E-state index contributed by atoms with van der Waals surface area (Å²) < 4.78 is 26.3. The number of rotatable bonds is 5. The molecular weight excluding hydrogens is 823 g/mol. The monoisotopic (exact) mass is 870 g/mol. The highest BCUT2D eigenvalue weighted by atomic mass is 16.5. The van der Waals surface area contributed by atoms with Gasteiger partial charge in [0, 0.05) is 56.6 Å². The molecule has 2 aromatic heterocycles. The van der Waals surface area contributed by atoms with Crippen molar-refractivity contribution >= 4 is 79.2 Å². The van der Waals surface area contributed by atoms with Crippen LogP contribution in [-0.4, -0.2) is 19.9 Å². The maximum atomic E-state index is 6.88. The van der Waals surface area contributed by atoms with Gasteiger partial charge in [0.25, 0.3) is 6.71 Å². The number of hydrogen-bond acceptors (Lipinski definition) is 6. The summed E-state index contributed by atoms with van der Waals surface area (Å²) in [6, 6.07) is 63.3. The molecule has 7 heteroatoms. The standard InChI is InChI=1S/C60H47BN2O4/c1-37-31-50-57-51(32-37)63(48-27-22-43(60(2,3)4)36-45(48)38-13-6-5-7-14-38)58-46(25-28-54-59(58)65-30-12-29-64-54)61(57)47-33-42(56-35-41-16-9-11-18-53(41)67-56)21-26-49(47)62(50)44-23-19-39(20-24-44)55-34-40-15-8-10-17-52(40)66-55/h5-11,13-28,31-36H,12,29-30H2,1-4H3. The van der Waals surface area contributed by atoms with Crippen LogP contribution in [0.3, 0.4) is 0 Å². The molecule has 10 aromatic rings. The zero-order chi connectivity index (χ0) is 45.0. The Labute approximate surface area is 390 Å². The van der Waals surface area contributed by atoms with Crippen LogP contribution in [0.25, 0.3) is 55.7 Å². The molecule has 324 valence electrons. The quantitative estimate of drug-likeness (QED) is 0.161. The van der Waals surface area contributed by atoms with Gasteiger partial charge in [-0.25, -0.2) is 0 Å². The van der Waals surface area contributed by atoms with Crippen molar-refractivity contribution in [3.05, 3.63) is 187 Å². The third kappa shape index (κ3) is 6.40. The fourth-order valence-electron chi connectivity index (χ4n) is 10.6. The Hall–Kier alpha value is -7.90. The third-order valence-electron chi connectivity index (χ3n) is 13.8. The van der Waals surface area contributed by atoms with Crippen LogP contribution in [0.4, 0.5) is 34.1 Å².